The maximum Gasteiger partial charge on any atom is 0.355 e. The highest BCUT2D eigenvalue weighted by Crippen LogP contribution is 2.42. The first-order valence-electron chi connectivity index (χ1n) is 24.7. The van der Waals surface area contributed by atoms with Gasteiger partial charge in [-0.05, 0) is 102 Å². The standard InChI is InChI=1S/C55H58N10O7S/c1-32-35(11-9-14-43(32)72-27-26-63-22-24-64(25-23-63)31-47(67)56-34-16-17-37-42(28-34)62(5)61-49(37)38-18-19-46(66)59-52(38)69)48-40(55(2,3)4)29-45(58-50(48)53(70)71)65-21-20-33-10-8-12-36(39(33)30-65)51(68)60-54-57-41-13-6-7-15-44(41)73-54/h6-17,28-29,38H,18-27,30-31H2,1-5H3,(H,56,67)(H,70,71)(H,57,60,68)(H,59,66,69). The normalized spacial score (nSPS) is 16.6. The summed E-state index contributed by atoms with van der Waals surface area (Å²) in [6.07, 6.45) is 1.33. The van der Waals surface area contributed by atoms with Gasteiger partial charge in [-0.15, -0.1) is 0 Å². The van der Waals surface area contributed by atoms with E-state index >= 15 is 0 Å². The summed E-state index contributed by atoms with van der Waals surface area (Å²) in [6, 6.07) is 26.8. The third kappa shape index (κ3) is 10.3. The molecular weight excluding hydrogens is 945 g/mol. The van der Waals surface area contributed by atoms with Crippen LogP contribution in [0, 0.1) is 6.92 Å². The number of anilines is 3. The van der Waals surface area contributed by atoms with Gasteiger partial charge >= 0.3 is 5.97 Å². The molecule has 6 heterocycles. The average molecular weight is 1000 g/mol. The number of nitrogens with one attached hydrogen (secondary N) is 3. The average Bonchev–Trinajstić information content (AvgIpc) is 3.93. The molecule has 0 saturated carbocycles. The van der Waals surface area contributed by atoms with Gasteiger partial charge in [0.2, 0.25) is 17.7 Å². The van der Waals surface area contributed by atoms with E-state index in [0.29, 0.717) is 91.4 Å². The minimum absolute atomic E-state index is 0.0445. The van der Waals surface area contributed by atoms with Crippen LogP contribution in [0.15, 0.2) is 84.9 Å². The Morgan fingerprint density at radius 3 is 2.44 bits per heavy atom. The molecule has 1 atom stereocenters. The van der Waals surface area contributed by atoms with Crippen molar-refractivity contribution in [3.05, 3.63) is 124 Å². The summed E-state index contributed by atoms with van der Waals surface area (Å²) in [5.41, 5.74) is 7.78. The molecule has 4 aromatic carbocycles. The van der Waals surface area contributed by atoms with Gasteiger partial charge in [0.05, 0.1) is 33.9 Å². The Labute approximate surface area is 426 Å². The molecule has 17 nitrogen and oxygen atoms in total. The van der Waals surface area contributed by atoms with Crippen molar-refractivity contribution in [2.75, 3.05) is 68.0 Å². The van der Waals surface area contributed by atoms with E-state index in [1.807, 2.05) is 91.9 Å². The van der Waals surface area contributed by atoms with Crippen LogP contribution in [0.4, 0.5) is 16.6 Å². The summed E-state index contributed by atoms with van der Waals surface area (Å²) in [6.45, 7) is 13.4. The van der Waals surface area contributed by atoms with E-state index in [9.17, 15) is 29.1 Å². The van der Waals surface area contributed by atoms with Crippen molar-refractivity contribution in [3.8, 4) is 16.9 Å². The van der Waals surface area contributed by atoms with E-state index in [2.05, 4.69) is 61.5 Å². The van der Waals surface area contributed by atoms with Crippen LogP contribution in [0.1, 0.15) is 88.3 Å². The van der Waals surface area contributed by atoms with Crippen LogP contribution in [0.25, 0.3) is 32.2 Å². The second-order valence-corrected chi connectivity index (χ2v) is 21.1. The van der Waals surface area contributed by atoms with Crippen molar-refractivity contribution in [2.24, 2.45) is 7.05 Å². The molecule has 376 valence electrons. The molecule has 0 bridgehead atoms. The topological polar surface area (TPSA) is 204 Å². The molecule has 3 aromatic heterocycles. The van der Waals surface area contributed by atoms with Gasteiger partial charge < -0.3 is 20.1 Å². The summed E-state index contributed by atoms with van der Waals surface area (Å²) in [7, 11) is 1.80. The van der Waals surface area contributed by atoms with Crippen molar-refractivity contribution in [1.29, 1.82) is 0 Å². The van der Waals surface area contributed by atoms with Gasteiger partial charge in [-0.25, -0.2) is 14.8 Å². The molecule has 7 aromatic rings. The number of rotatable bonds is 13. The summed E-state index contributed by atoms with van der Waals surface area (Å²) < 4.78 is 9.12. The SMILES string of the molecule is Cc1c(OCCN2CCN(CC(=O)Nc3ccc4c(C5CCC(=O)NC5=O)nn(C)c4c3)CC2)cccc1-c1c(C(C)(C)C)cc(N2CCc3cccc(C(=O)Nc4nc5ccccc5s4)c3C2)nc1C(=O)O. The summed E-state index contributed by atoms with van der Waals surface area (Å²) in [4.78, 5) is 80.6. The fraction of sp³-hybridized carbons (Fsp3) is 0.345. The number of imide groups is 1. The molecule has 4 amide bonds. The first-order valence-corrected chi connectivity index (χ1v) is 25.5. The number of aromatic nitrogens is 4. The molecule has 0 radical (unpaired) electrons. The maximum atomic E-state index is 13.8. The van der Waals surface area contributed by atoms with Crippen molar-refractivity contribution in [3.63, 3.8) is 0 Å². The van der Waals surface area contributed by atoms with E-state index in [1.165, 1.54) is 11.3 Å². The fourth-order valence-electron chi connectivity index (χ4n) is 10.3. The van der Waals surface area contributed by atoms with Crippen molar-refractivity contribution >= 4 is 78.7 Å². The molecule has 0 aliphatic carbocycles. The Morgan fingerprint density at radius 2 is 1.67 bits per heavy atom. The Hall–Kier alpha value is -7.54. The van der Waals surface area contributed by atoms with E-state index < -0.39 is 17.3 Å². The lowest BCUT2D eigenvalue weighted by Gasteiger charge is -2.34. The summed E-state index contributed by atoms with van der Waals surface area (Å²) in [5.74, 6) is -1.42. The Bertz CT molecular complexity index is 3300. The van der Waals surface area contributed by atoms with Gasteiger partial charge in [0, 0.05) is 81.5 Å². The number of carbonyl (C=O) groups is 5. The highest BCUT2D eigenvalue weighted by molar-refractivity contribution is 7.22. The number of carboxylic acids is 1. The molecule has 18 heteroatoms. The predicted octanol–water partition coefficient (Wildman–Crippen LogP) is 7.52. The number of ether oxygens (including phenoxy) is 1. The van der Waals surface area contributed by atoms with Crippen LogP contribution >= 0.6 is 11.3 Å². The van der Waals surface area contributed by atoms with Gasteiger partial charge in [-0.1, -0.05) is 68.5 Å². The Kier molecular flexibility index (Phi) is 13.6. The third-order valence-corrected chi connectivity index (χ3v) is 15.1. The Morgan fingerprint density at radius 1 is 0.890 bits per heavy atom. The number of hydrogen-bond acceptors (Lipinski definition) is 13. The lowest BCUT2D eigenvalue weighted by Crippen LogP contribution is -2.49. The number of aromatic carboxylic acids is 1. The number of piperidine rings is 1. The Balaban J connectivity index is 0.773. The highest BCUT2D eigenvalue weighted by atomic mass is 32.1. The number of fused-ring (bicyclic) bond motifs is 3. The maximum absolute atomic E-state index is 13.8. The van der Waals surface area contributed by atoms with E-state index in [0.717, 1.165) is 62.0 Å². The van der Waals surface area contributed by atoms with E-state index in [-0.39, 0.29) is 42.3 Å². The van der Waals surface area contributed by atoms with Crippen molar-refractivity contribution in [2.45, 2.75) is 64.8 Å². The monoisotopic (exact) mass is 1000 g/mol. The van der Waals surface area contributed by atoms with E-state index in [1.54, 1.807) is 11.7 Å². The third-order valence-electron chi connectivity index (χ3n) is 14.2. The number of para-hydroxylation sites is 1. The van der Waals surface area contributed by atoms with Crippen LogP contribution in [-0.2, 0) is 39.8 Å². The van der Waals surface area contributed by atoms with Crippen molar-refractivity contribution in [1.82, 2.24) is 34.9 Å². The number of hydrogen-bond donors (Lipinski definition) is 4. The van der Waals surface area contributed by atoms with Gasteiger partial charge in [0.15, 0.2) is 10.8 Å². The number of amides is 4. The number of pyridine rings is 1. The second kappa shape index (κ2) is 20.2. The van der Waals surface area contributed by atoms with Crippen LogP contribution in [-0.4, -0.2) is 117 Å². The molecule has 4 N–H and O–H groups in total. The van der Waals surface area contributed by atoms with Gasteiger partial charge in [-0.3, -0.25) is 44.3 Å². The van der Waals surface area contributed by atoms with Crippen LogP contribution in [0.2, 0.25) is 0 Å². The zero-order valence-corrected chi connectivity index (χ0v) is 42.4. The number of carboxylic acid groups (broad SMARTS) is 1. The molecule has 73 heavy (non-hydrogen) atoms. The van der Waals surface area contributed by atoms with Crippen LogP contribution < -0.4 is 25.6 Å². The number of nitrogens with zero attached hydrogens (tertiary/aromatic N) is 7. The number of benzene rings is 4. The molecule has 3 aliphatic heterocycles. The molecule has 10 rings (SSSR count). The van der Waals surface area contributed by atoms with Gasteiger partial charge in [-0.2, -0.15) is 5.10 Å². The lowest BCUT2D eigenvalue weighted by atomic mass is 9.80. The second-order valence-electron chi connectivity index (χ2n) is 20.1. The summed E-state index contributed by atoms with van der Waals surface area (Å²) >= 11 is 1.43. The number of thiazole rings is 1. The smallest absolute Gasteiger partial charge is 0.355 e. The fourth-order valence-corrected chi connectivity index (χ4v) is 11.1. The zero-order valence-electron chi connectivity index (χ0n) is 41.6. The largest absolute Gasteiger partial charge is 0.492 e. The van der Waals surface area contributed by atoms with Gasteiger partial charge in [0.1, 0.15) is 18.2 Å². The first-order chi connectivity index (χ1) is 35.1. The zero-order chi connectivity index (χ0) is 51.1. The number of carbonyl (C=O) groups excluding carboxylic acids is 4. The molecular formula is C55H58N10O7S. The minimum atomic E-state index is -1.13. The van der Waals surface area contributed by atoms with Crippen molar-refractivity contribution < 1.29 is 33.8 Å². The molecule has 0 spiro atoms. The van der Waals surface area contributed by atoms with E-state index in [4.69, 9.17) is 9.72 Å². The van der Waals surface area contributed by atoms with Crippen LogP contribution in [0.3, 0.4) is 0 Å². The molecule has 1 unspecified atom stereocenters. The van der Waals surface area contributed by atoms with Crippen LogP contribution in [0.5, 0.6) is 5.75 Å². The molecule has 2 fully saturated rings. The van der Waals surface area contributed by atoms with Gasteiger partial charge in [0.25, 0.3) is 5.91 Å². The molecule has 3 aliphatic rings. The highest BCUT2D eigenvalue weighted by Gasteiger charge is 2.33. The minimum Gasteiger partial charge on any atom is -0.492 e. The quantitative estimate of drug-likeness (QED) is 0.0827. The molecule has 2 saturated heterocycles. The summed E-state index contributed by atoms with van der Waals surface area (Å²) in [5, 5.41) is 25.2. The first kappa shape index (κ1) is 49.1. The number of aryl methyl sites for hydroxylation is 1. The lowest BCUT2D eigenvalue weighted by molar-refractivity contribution is -0.134. The predicted molar refractivity (Wildman–Crippen MR) is 282 cm³/mol. The number of piperazine rings is 1.